The maximum atomic E-state index is 11.6. The molecule has 0 saturated heterocycles. The van der Waals surface area contributed by atoms with Gasteiger partial charge >= 0.3 is 5.97 Å². The number of anilines is 1. The van der Waals surface area contributed by atoms with E-state index in [0.717, 1.165) is 12.4 Å². The molecule has 108 valence electrons. The number of carbonyl (C=O) groups is 1. The largest absolute Gasteiger partial charge is 0.462 e. The topological polar surface area (TPSA) is 68.5 Å². The van der Waals surface area contributed by atoms with Gasteiger partial charge in [-0.15, -0.1) is 0 Å². The van der Waals surface area contributed by atoms with E-state index < -0.39 is 0 Å². The van der Waals surface area contributed by atoms with Gasteiger partial charge in [0.25, 0.3) is 0 Å². The van der Waals surface area contributed by atoms with E-state index in [1.807, 2.05) is 6.07 Å². The highest BCUT2D eigenvalue weighted by atomic mass is 32.1. The van der Waals surface area contributed by atoms with Gasteiger partial charge in [-0.2, -0.15) is 0 Å². The fourth-order valence-corrected chi connectivity index (χ4v) is 2.08. The van der Waals surface area contributed by atoms with Crippen LogP contribution < -0.4 is 10.6 Å². The summed E-state index contributed by atoms with van der Waals surface area (Å²) in [7, 11) is 0. The second-order valence-electron chi connectivity index (χ2n) is 4.77. The van der Waals surface area contributed by atoms with E-state index in [1.165, 1.54) is 12.8 Å². The van der Waals surface area contributed by atoms with Crippen molar-refractivity contribution in [1.82, 2.24) is 4.98 Å². The number of aromatic nitrogens is 1. The zero-order valence-corrected chi connectivity index (χ0v) is 12.4. The van der Waals surface area contributed by atoms with Crippen LogP contribution in [0.5, 0.6) is 0 Å². The normalized spacial score (nSPS) is 13.8. The predicted octanol–water partition coefficient (Wildman–Crippen LogP) is 1.90. The van der Waals surface area contributed by atoms with E-state index in [9.17, 15) is 4.79 Å². The first-order valence-electron chi connectivity index (χ1n) is 6.80. The van der Waals surface area contributed by atoms with Gasteiger partial charge in [0.2, 0.25) is 0 Å². The SMILES string of the molecule is CCOC(=O)c1ccc(N(CCC(N)=S)C2CC2)nc1. The number of ether oxygens (including phenoxy) is 1. The molecule has 1 fully saturated rings. The van der Waals surface area contributed by atoms with Crippen LogP contribution in [0.1, 0.15) is 36.5 Å². The number of hydrogen-bond donors (Lipinski definition) is 1. The second-order valence-corrected chi connectivity index (χ2v) is 5.29. The Morgan fingerprint density at radius 2 is 2.30 bits per heavy atom. The molecule has 0 bridgehead atoms. The van der Waals surface area contributed by atoms with E-state index in [0.29, 0.717) is 29.6 Å². The predicted molar refractivity (Wildman–Crippen MR) is 82.0 cm³/mol. The molecular formula is C14H19N3O2S. The van der Waals surface area contributed by atoms with Gasteiger partial charge in [-0.05, 0) is 31.9 Å². The molecule has 6 heteroatoms. The fourth-order valence-electron chi connectivity index (χ4n) is 1.99. The Balaban J connectivity index is 2.05. The summed E-state index contributed by atoms with van der Waals surface area (Å²) in [6.45, 7) is 2.92. The highest BCUT2D eigenvalue weighted by Gasteiger charge is 2.29. The molecule has 0 spiro atoms. The van der Waals surface area contributed by atoms with E-state index >= 15 is 0 Å². The zero-order valence-electron chi connectivity index (χ0n) is 11.5. The van der Waals surface area contributed by atoms with Crippen LogP contribution in [-0.4, -0.2) is 35.1 Å². The van der Waals surface area contributed by atoms with E-state index in [4.69, 9.17) is 22.7 Å². The summed E-state index contributed by atoms with van der Waals surface area (Å²) >= 11 is 4.92. The summed E-state index contributed by atoms with van der Waals surface area (Å²) in [5, 5.41) is 0. The molecule has 2 N–H and O–H groups in total. The van der Waals surface area contributed by atoms with Crippen LogP contribution >= 0.6 is 12.2 Å². The molecule has 1 aliphatic rings. The van der Waals surface area contributed by atoms with Crippen molar-refractivity contribution in [2.45, 2.75) is 32.2 Å². The Kier molecular flexibility index (Phi) is 4.89. The van der Waals surface area contributed by atoms with Gasteiger partial charge in [0.15, 0.2) is 0 Å². The van der Waals surface area contributed by atoms with Crippen molar-refractivity contribution in [3.8, 4) is 0 Å². The van der Waals surface area contributed by atoms with Crippen molar-refractivity contribution in [1.29, 1.82) is 0 Å². The molecule has 20 heavy (non-hydrogen) atoms. The first kappa shape index (κ1) is 14.7. The number of hydrogen-bond acceptors (Lipinski definition) is 5. The molecule has 1 aliphatic carbocycles. The molecule has 1 aromatic heterocycles. The molecule has 5 nitrogen and oxygen atoms in total. The Morgan fingerprint density at radius 1 is 1.55 bits per heavy atom. The lowest BCUT2D eigenvalue weighted by Crippen LogP contribution is -2.30. The molecule has 1 heterocycles. The Bertz CT molecular complexity index is 486. The molecule has 0 aliphatic heterocycles. The number of nitrogens with zero attached hydrogens (tertiary/aromatic N) is 2. The average Bonchev–Trinajstić information content (AvgIpc) is 3.24. The lowest BCUT2D eigenvalue weighted by molar-refractivity contribution is 0.0526. The Labute approximate surface area is 124 Å². The number of thiocarbonyl (C=S) groups is 1. The lowest BCUT2D eigenvalue weighted by atomic mass is 10.2. The second kappa shape index (κ2) is 6.65. The van der Waals surface area contributed by atoms with Gasteiger partial charge in [0.1, 0.15) is 5.82 Å². The molecule has 1 aromatic rings. The van der Waals surface area contributed by atoms with Crippen molar-refractivity contribution in [3.05, 3.63) is 23.9 Å². The van der Waals surface area contributed by atoms with E-state index in [1.54, 1.807) is 19.2 Å². The van der Waals surface area contributed by atoms with Crippen molar-refractivity contribution >= 4 is 29.0 Å². The van der Waals surface area contributed by atoms with Crippen LogP contribution in [-0.2, 0) is 4.74 Å². The summed E-state index contributed by atoms with van der Waals surface area (Å²) in [6.07, 6.45) is 4.56. The number of rotatable bonds is 7. The number of nitrogens with two attached hydrogens (primary N) is 1. The summed E-state index contributed by atoms with van der Waals surface area (Å²) in [4.78, 5) is 18.7. The van der Waals surface area contributed by atoms with Crippen LogP contribution in [0.2, 0.25) is 0 Å². The third-order valence-electron chi connectivity index (χ3n) is 3.14. The zero-order chi connectivity index (χ0) is 14.5. The average molecular weight is 293 g/mol. The van der Waals surface area contributed by atoms with Crippen molar-refractivity contribution in [2.75, 3.05) is 18.1 Å². The maximum Gasteiger partial charge on any atom is 0.339 e. The molecular weight excluding hydrogens is 274 g/mol. The minimum Gasteiger partial charge on any atom is -0.462 e. The molecule has 1 saturated carbocycles. The quantitative estimate of drug-likeness (QED) is 0.612. The number of carbonyl (C=O) groups excluding carboxylic acids is 1. The van der Waals surface area contributed by atoms with E-state index in [2.05, 4.69) is 9.88 Å². The maximum absolute atomic E-state index is 11.6. The lowest BCUT2D eigenvalue weighted by Gasteiger charge is -2.23. The van der Waals surface area contributed by atoms with Crippen molar-refractivity contribution in [3.63, 3.8) is 0 Å². The van der Waals surface area contributed by atoms with Crippen molar-refractivity contribution in [2.24, 2.45) is 5.73 Å². The van der Waals surface area contributed by atoms with Crippen molar-refractivity contribution < 1.29 is 9.53 Å². The van der Waals surface area contributed by atoms with Gasteiger partial charge in [-0.1, -0.05) is 12.2 Å². The third-order valence-corrected chi connectivity index (χ3v) is 3.34. The number of pyridine rings is 1. The molecule has 0 atom stereocenters. The van der Waals surface area contributed by atoms with E-state index in [-0.39, 0.29) is 5.97 Å². The van der Waals surface area contributed by atoms with Gasteiger partial charge in [0, 0.05) is 25.2 Å². The van der Waals surface area contributed by atoms with Crippen LogP contribution in [0.3, 0.4) is 0 Å². The molecule has 2 rings (SSSR count). The minimum atomic E-state index is -0.340. The smallest absolute Gasteiger partial charge is 0.339 e. The summed E-state index contributed by atoms with van der Waals surface area (Å²) in [5.41, 5.74) is 6.03. The summed E-state index contributed by atoms with van der Waals surface area (Å²) in [5.74, 6) is 0.518. The Hall–Kier alpha value is -1.69. The van der Waals surface area contributed by atoms with Crippen LogP contribution in [0.15, 0.2) is 18.3 Å². The molecule has 0 amide bonds. The fraction of sp³-hybridized carbons (Fsp3) is 0.500. The molecule has 0 aromatic carbocycles. The summed E-state index contributed by atoms with van der Waals surface area (Å²) in [6, 6.07) is 4.12. The van der Waals surface area contributed by atoms with Gasteiger partial charge in [-0.3, -0.25) is 0 Å². The first-order chi connectivity index (χ1) is 9.61. The van der Waals surface area contributed by atoms with Crippen LogP contribution in [0.4, 0.5) is 5.82 Å². The Morgan fingerprint density at radius 3 is 2.80 bits per heavy atom. The highest BCUT2D eigenvalue weighted by Crippen LogP contribution is 2.30. The molecule has 0 unspecified atom stereocenters. The van der Waals surface area contributed by atoms with Gasteiger partial charge in [0.05, 0.1) is 17.2 Å². The third kappa shape index (κ3) is 3.90. The standard InChI is InChI=1S/C14H19N3O2S/c1-2-19-14(18)10-3-6-13(16-9-10)17(11-4-5-11)8-7-12(15)20/h3,6,9,11H,2,4-5,7-8H2,1H3,(H2,15,20). The number of esters is 1. The monoisotopic (exact) mass is 293 g/mol. The van der Waals surface area contributed by atoms with Crippen LogP contribution in [0, 0.1) is 0 Å². The van der Waals surface area contributed by atoms with Gasteiger partial charge < -0.3 is 15.4 Å². The first-order valence-corrected chi connectivity index (χ1v) is 7.20. The minimum absolute atomic E-state index is 0.340. The molecule has 0 radical (unpaired) electrons. The highest BCUT2D eigenvalue weighted by molar-refractivity contribution is 7.80. The summed E-state index contributed by atoms with van der Waals surface area (Å²) < 4.78 is 4.94. The van der Waals surface area contributed by atoms with Crippen LogP contribution in [0.25, 0.3) is 0 Å². The van der Waals surface area contributed by atoms with Gasteiger partial charge in [-0.25, -0.2) is 9.78 Å².